The van der Waals surface area contributed by atoms with Gasteiger partial charge >= 0.3 is 0 Å². The van der Waals surface area contributed by atoms with Crippen LogP contribution in [0.5, 0.6) is 0 Å². The maximum atomic E-state index is 2.39. The topological polar surface area (TPSA) is 0 Å². The van der Waals surface area contributed by atoms with Crippen LogP contribution in [-0.4, -0.2) is 0 Å². The average molecular weight is 190 g/mol. The van der Waals surface area contributed by atoms with Gasteiger partial charge in [0.15, 0.2) is 0 Å². The van der Waals surface area contributed by atoms with Crippen LogP contribution in [0.1, 0.15) is 52.0 Å². The van der Waals surface area contributed by atoms with Crippen molar-refractivity contribution in [1.82, 2.24) is 0 Å². The Kier molecular flexibility index (Phi) is 3.74. The minimum atomic E-state index is 0.446. The van der Waals surface area contributed by atoms with Crippen LogP contribution < -0.4 is 0 Å². The molecule has 0 bridgehead atoms. The molecule has 0 aromatic heterocycles. The highest BCUT2D eigenvalue weighted by molar-refractivity contribution is 5.20. The van der Waals surface area contributed by atoms with Crippen LogP contribution in [0.15, 0.2) is 30.3 Å². The highest BCUT2D eigenvalue weighted by Gasteiger charge is 2.27. The Morgan fingerprint density at radius 1 is 1.07 bits per heavy atom. The van der Waals surface area contributed by atoms with Crippen molar-refractivity contribution in [2.24, 2.45) is 5.41 Å². The normalized spacial score (nSPS) is 14.0. The monoisotopic (exact) mass is 190 g/mol. The van der Waals surface area contributed by atoms with Crippen LogP contribution >= 0.6 is 0 Å². The van der Waals surface area contributed by atoms with E-state index in [0.717, 1.165) is 0 Å². The van der Waals surface area contributed by atoms with E-state index in [-0.39, 0.29) is 0 Å². The third-order valence-corrected chi connectivity index (χ3v) is 3.96. The third-order valence-electron chi connectivity index (χ3n) is 3.96. The van der Waals surface area contributed by atoms with E-state index < -0.39 is 0 Å². The molecule has 0 spiro atoms. The van der Waals surface area contributed by atoms with Gasteiger partial charge in [-0.15, -0.1) is 0 Å². The van der Waals surface area contributed by atoms with Gasteiger partial charge in [-0.25, -0.2) is 0 Å². The molecule has 0 aliphatic heterocycles. The Hall–Kier alpha value is -0.780. The van der Waals surface area contributed by atoms with Gasteiger partial charge < -0.3 is 0 Å². The number of benzene rings is 1. The summed E-state index contributed by atoms with van der Waals surface area (Å²) in [6, 6.07) is 10.9. The SMILES string of the molecule is CCC(C)(CC)C(C)c1ccccc1. The summed E-state index contributed by atoms with van der Waals surface area (Å²) in [7, 11) is 0. The van der Waals surface area contributed by atoms with Gasteiger partial charge in [-0.05, 0) is 16.9 Å². The Morgan fingerprint density at radius 3 is 2.00 bits per heavy atom. The van der Waals surface area contributed by atoms with Crippen molar-refractivity contribution < 1.29 is 0 Å². The predicted octanol–water partition coefficient (Wildman–Crippen LogP) is 4.62. The molecule has 0 N–H and O–H groups in total. The van der Waals surface area contributed by atoms with Gasteiger partial charge in [0.1, 0.15) is 0 Å². The molecule has 0 aliphatic rings. The van der Waals surface area contributed by atoms with E-state index in [0.29, 0.717) is 11.3 Å². The highest BCUT2D eigenvalue weighted by atomic mass is 14.3. The second-order valence-corrected chi connectivity index (χ2v) is 4.49. The van der Waals surface area contributed by atoms with Crippen molar-refractivity contribution in [3.05, 3.63) is 35.9 Å². The Labute approximate surface area is 88.4 Å². The summed E-state index contributed by atoms with van der Waals surface area (Å²) in [5.74, 6) is 0.652. The van der Waals surface area contributed by atoms with Crippen LogP contribution in [0.25, 0.3) is 0 Å². The van der Waals surface area contributed by atoms with Gasteiger partial charge in [0.2, 0.25) is 0 Å². The van der Waals surface area contributed by atoms with E-state index in [1.54, 1.807) is 0 Å². The zero-order valence-electron chi connectivity index (χ0n) is 9.88. The minimum absolute atomic E-state index is 0.446. The first kappa shape index (κ1) is 11.3. The molecule has 1 rings (SSSR count). The van der Waals surface area contributed by atoms with Crippen molar-refractivity contribution >= 4 is 0 Å². The van der Waals surface area contributed by atoms with Crippen molar-refractivity contribution in [3.63, 3.8) is 0 Å². The minimum Gasteiger partial charge on any atom is -0.0648 e. The predicted molar refractivity (Wildman–Crippen MR) is 63.5 cm³/mol. The maximum absolute atomic E-state index is 2.39. The molecule has 0 radical (unpaired) electrons. The van der Waals surface area contributed by atoms with Crippen LogP contribution in [-0.2, 0) is 0 Å². The molecule has 1 aromatic rings. The van der Waals surface area contributed by atoms with Gasteiger partial charge in [0.05, 0.1) is 0 Å². The molecule has 78 valence electrons. The van der Waals surface area contributed by atoms with E-state index in [1.165, 1.54) is 18.4 Å². The molecule has 0 saturated carbocycles. The van der Waals surface area contributed by atoms with Crippen LogP contribution in [0.2, 0.25) is 0 Å². The zero-order valence-corrected chi connectivity index (χ0v) is 9.88. The van der Waals surface area contributed by atoms with Gasteiger partial charge in [-0.1, -0.05) is 70.9 Å². The van der Waals surface area contributed by atoms with Crippen molar-refractivity contribution in [2.45, 2.75) is 46.5 Å². The van der Waals surface area contributed by atoms with Crippen molar-refractivity contribution in [1.29, 1.82) is 0 Å². The van der Waals surface area contributed by atoms with E-state index in [9.17, 15) is 0 Å². The molecule has 1 unspecified atom stereocenters. The second-order valence-electron chi connectivity index (χ2n) is 4.49. The number of hydrogen-bond acceptors (Lipinski definition) is 0. The summed E-state index contributed by atoms with van der Waals surface area (Å²) in [5, 5.41) is 0. The largest absolute Gasteiger partial charge is 0.0648 e. The van der Waals surface area contributed by atoms with Crippen LogP contribution in [0.4, 0.5) is 0 Å². The lowest BCUT2D eigenvalue weighted by Crippen LogP contribution is -2.21. The highest BCUT2D eigenvalue weighted by Crippen LogP contribution is 2.40. The second kappa shape index (κ2) is 4.63. The zero-order chi connectivity index (χ0) is 10.6. The molecule has 0 amide bonds. The molecule has 0 heterocycles. The van der Waals surface area contributed by atoms with Gasteiger partial charge in [-0.3, -0.25) is 0 Å². The maximum Gasteiger partial charge on any atom is -0.0137 e. The first-order valence-electron chi connectivity index (χ1n) is 5.69. The molecule has 0 aliphatic carbocycles. The number of hydrogen-bond donors (Lipinski definition) is 0. The standard InChI is InChI=1S/C14H22/c1-5-14(4,6-2)12(3)13-10-8-7-9-11-13/h7-12H,5-6H2,1-4H3. The molecule has 1 aromatic carbocycles. The van der Waals surface area contributed by atoms with Crippen LogP contribution in [0, 0.1) is 5.41 Å². The summed E-state index contributed by atoms with van der Waals surface area (Å²) in [5.41, 5.74) is 1.92. The van der Waals surface area contributed by atoms with Crippen LogP contribution in [0.3, 0.4) is 0 Å². The fourth-order valence-electron chi connectivity index (χ4n) is 2.01. The van der Waals surface area contributed by atoms with Gasteiger partial charge in [0, 0.05) is 0 Å². The third kappa shape index (κ3) is 2.17. The first-order chi connectivity index (χ1) is 6.64. The lowest BCUT2D eigenvalue weighted by atomic mass is 9.71. The van der Waals surface area contributed by atoms with Crippen molar-refractivity contribution in [3.8, 4) is 0 Å². The molecular formula is C14H22. The summed E-state index contributed by atoms with van der Waals surface area (Å²) in [6.07, 6.45) is 2.50. The molecule has 0 saturated heterocycles. The lowest BCUT2D eigenvalue weighted by molar-refractivity contribution is 0.243. The summed E-state index contributed by atoms with van der Waals surface area (Å²) < 4.78 is 0. The van der Waals surface area contributed by atoms with E-state index in [4.69, 9.17) is 0 Å². The number of rotatable bonds is 4. The fourth-order valence-corrected chi connectivity index (χ4v) is 2.01. The van der Waals surface area contributed by atoms with E-state index >= 15 is 0 Å². The summed E-state index contributed by atoms with van der Waals surface area (Å²) >= 11 is 0. The first-order valence-corrected chi connectivity index (χ1v) is 5.69. The Bertz CT molecular complexity index is 257. The fraction of sp³-hybridized carbons (Fsp3) is 0.571. The Morgan fingerprint density at radius 2 is 1.57 bits per heavy atom. The molecule has 0 fully saturated rings. The van der Waals surface area contributed by atoms with Crippen molar-refractivity contribution in [2.75, 3.05) is 0 Å². The molecular weight excluding hydrogens is 168 g/mol. The van der Waals surface area contributed by atoms with Gasteiger partial charge in [-0.2, -0.15) is 0 Å². The summed E-state index contributed by atoms with van der Waals surface area (Å²) in [6.45, 7) is 9.33. The van der Waals surface area contributed by atoms with E-state index in [2.05, 4.69) is 58.0 Å². The summed E-state index contributed by atoms with van der Waals surface area (Å²) in [4.78, 5) is 0. The smallest absolute Gasteiger partial charge is 0.0137 e. The van der Waals surface area contributed by atoms with E-state index in [1.807, 2.05) is 0 Å². The Balaban J connectivity index is 2.89. The van der Waals surface area contributed by atoms with Gasteiger partial charge in [0.25, 0.3) is 0 Å². The molecule has 1 atom stereocenters. The molecule has 14 heavy (non-hydrogen) atoms. The average Bonchev–Trinajstić information content (AvgIpc) is 2.28. The molecule has 0 heteroatoms. The lowest BCUT2D eigenvalue weighted by Gasteiger charge is -2.34. The molecule has 0 nitrogen and oxygen atoms in total. The quantitative estimate of drug-likeness (QED) is 0.650.